The van der Waals surface area contributed by atoms with Crippen LogP contribution in [-0.4, -0.2) is 50.8 Å². The van der Waals surface area contributed by atoms with Gasteiger partial charge in [-0.15, -0.1) is 0 Å². The number of sulfonamides is 1. The van der Waals surface area contributed by atoms with E-state index in [4.69, 9.17) is 4.74 Å². The van der Waals surface area contributed by atoms with E-state index in [2.05, 4.69) is 9.71 Å². The van der Waals surface area contributed by atoms with Gasteiger partial charge < -0.3 is 9.64 Å². The third-order valence-corrected chi connectivity index (χ3v) is 7.16. The van der Waals surface area contributed by atoms with E-state index in [9.17, 15) is 13.2 Å². The number of amidine groups is 1. The molecule has 0 bridgehead atoms. The van der Waals surface area contributed by atoms with E-state index in [-0.39, 0.29) is 23.0 Å². The first kappa shape index (κ1) is 22.5. The number of carbonyl (C=O) groups is 1. The Morgan fingerprint density at radius 1 is 1.06 bits per heavy atom. The average molecular weight is 456 g/mol. The van der Waals surface area contributed by atoms with Gasteiger partial charge in [0.05, 0.1) is 17.5 Å². The highest BCUT2D eigenvalue weighted by Crippen LogP contribution is 2.26. The molecule has 0 aromatic heterocycles. The monoisotopic (exact) mass is 455 g/mol. The molecule has 1 fully saturated rings. The van der Waals surface area contributed by atoms with Crippen LogP contribution in [-0.2, 0) is 19.6 Å². The molecular weight excluding hydrogens is 426 g/mol. The number of fused-ring (bicyclic) bond motifs is 1. The molecule has 32 heavy (non-hydrogen) atoms. The van der Waals surface area contributed by atoms with Gasteiger partial charge in [0.1, 0.15) is 11.9 Å². The lowest BCUT2D eigenvalue weighted by Gasteiger charge is -2.37. The second-order valence-corrected chi connectivity index (χ2v) is 9.94. The molecule has 1 saturated heterocycles. The fraction of sp³-hybridized carbons (Fsp3) is 0.417. The Morgan fingerprint density at radius 2 is 1.81 bits per heavy atom. The van der Waals surface area contributed by atoms with Crippen molar-refractivity contribution in [2.75, 3.05) is 19.6 Å². The van der Waals surface area contributed by atoms with Crippen LogP contribution in [0, 0.1) is 0 Å². The van der Waals surface area contributed by atoms with Crippen molar-refractivity contribution in [3.05, 3.63) is 65.7 Å². The van der Waals surface area contributed by atoms with Crippen LogP contribution in [0.15, 0.2) is 64.5 Å². The molecule has 0 spiro atoms. The molecule has 7 nitrogen and oxygen atoms in total. The normalized spacial score (nSPS) is 23.0. The van der Waals surface area contributed by atoms with Crippen LogP contribution in [0.1, 0.15) is 49.8 Å². The minimum absolute atomic E-state index is 0.00630. The number of nitrogens with one attached hydrogen (secondary N) is 1. The second kappa shape index (κ2) is 9.83. The summed E-state index contributed by atoms with van der Waals surface area (Å²) in [5.41, 5.74) is 1.72. The van der Waals surface area contributed by atoms with E-state index < -0.39 is 10.0 Å². The van der Waals surface area contributed by atoms with Crippen LogP contribution in [0.3, 0.4) is 0 Å². The molecule has 8 heteroatoms. The number of hydrogen-bond acceptors (Lipinski definition) is 5. The number of morpholine rings is 1. The van der Waals surface area contributed by atoms with E-state index in [0.717, 1.165) is 24.8 Å². The Hall–Kier alpha value is -2.71. The molecule has 2 atom stereocenters. The Bertz CT molecular complexity index is 1090. The summed E-state index contributed by atoms with van der Waals surface area (Å²) < 4.78 is 32.8. The molecule has 170 valence electrons. The van der Waals surface area contributed by atoms with Gasteiger partial charge in [0.25, 0.3) is 10.0 Å². The molecule has 2 aliphatic rings. The minimum Gasteiger partial charge on any atom is -0.367 e. The summed E-state index contributed by atoms with van der Waals surface area (Å²) in [6.07, 6.45) is 2.87. The minimum atomic E-state index is -3.50. The summed E-state index contributed by atoms with van der Waals surface area (Å²) in [5.74, 6) is 0.566. The first-order chi connectivity index (χ1) is 15.4. The van der Waals surface area contributed by atoms with Gasteiger partial charge in [0.2, 0.25) is 5.91 Å². The summed E-state index contributed by atoms with van der Waals surface area (Å²) in [5, 5.41) is 0. The molecule has 2 aromatic rings. The molecule has 2 unspecified atom stereocenters. The van der Waals surface area contributed by atoms with Gasteiger partial charge in [-0.2, -0.15) is 0 Å². The van der Waals surface area contributed by atoms with Crippen molar-refractivity contribution in [1.82, 2.24) is 9.62 Å². The smallest absolute Gasteiger partial charge is 0.263 e. The number of ether oxygens (including phenoxy) is 1. The highest BCUT2D eigenvalue weighted by Gasteiger charge is 2.30. The highest BCUT2D eigenvalue weighted by molar-refractivity contribution is 7.90. The number of amides is 1. The summed E-state index contributed by atoms with van der Waals surface area (Å²) in [4.78, 5) is 19.4. The zero-order valence-electron chi connectivity index (χ0n) is 18.2. The third kappa shape index (κ3) is 5.19. The molecule has 4 rings (SSSR count). The predicted molar refractivity (Wildman–Crippen MR) is 123 cm³/mol. The third-order valence-electron chi connectivity index (χ3n) is 5.77. The molecule has 1 amide bonds. The zero-order chi connectivity index (χ0) is 22.6. The van der Waals surface area contributed by atoms with E-state index >= 15 is 0 Å². The van der Waals surface area contributed by atoms with Crippen molar-refractivity contribution in [2.45, 2.75) is 49.7 Å². The fourth-order valence-electron chi connectivity index (χ4n) is 4.17. The Kier molecular flexibility index (Phi) is 6.91. The van der Waals surface area contributed by atoms with E-state index in [1.54, 1.807) is 24.3 Å². The zero-order valence-corrected chi connectivity index (χ0v) is 19.1. The molecule has 2 aromatic carbocycles. The van der Waals surface area contributed by atoms with Crippen molar-refractivity contribution in [1.29, 1.82) is 0 Å². The summed E-state index contributed by atoms with van der Waals surface area (Å²) in [6.45, 7) is 3.73. The maximum Gasteiger partial charge on any atom is 0.263 e. The number of aliphatic imine (C=N–C) groups is 1. The number of nitrogens with zero attached hydrogens (tertiary/aromatic N) is 2. The van der Waals surface area contributed by atoms with Gasteiger partial charge in [0.15, 0.2) is 0 Å². The van der Waals surface area contributed by atoms with Crippen LogP contribution in [0.4, 0.5) is 0 Å². The van der Waals surface area contributed by atoms with E-state index in [1.165, 1.54) is 0 Å². The standard InChI is InChI=1S/C24H29N3O4S/c1-18-16-27(17-21(31-18)19-10-4-2-5-11-19)23(28)14-6-3-9-15-25-24-20-12-7-8-13-22(20)32(29,30)26-24/h2,4-5,7-8,10-13,18,21H,3,6,9,14-17H2,1H3,(H,25,26). The van der Waals surface area contributed by atoms with E-state index in [1.807, 2.05) is 42.2 Å². The molecule has 2 heterocycles. The molecule has 1 N–H and O–H groups in total. The number of benzene rings is 2. The molecule has 0 radical (unpaired) electrons. The first-order valence-electron chi connectivity index (χ1n) is 11.1. The number of carbonyl (C=O) groups excluding carboxylic acids is 1. The van der Waals surface area contributed by atoms with Crippen LogP contribution in [0.2, 0.25) is 0 Å². The predicted octanol–water partition coefficient (Wildman–Crippen LogP) is 3.27. The van der Waals surface area contributed by atoms with Crippen LogP contribution >= 0.6 is 0 Å². The van der Waals surface area contributed by atoms with Gasteiger partial charge >= 0.3 is 0 Å². The summed E-state index contributed by atoms with van der Waals surface area (Å²) >= 11 is 0. The highest BCUT2D eigenvalue weighted by atomic mass is 32.2. The van der Waals surface area contributed by atoms with Crippen LogP contribution in [0.25, 0.3) is 0 Å². The second-order valence-electron chi connectivity index (χ2n) is 8.29. The largest absolute Gasteiger partial charge is 0.367 e. The SMILES string of the molecule is CC1CN(C(=O)CCCCCN=C2NS(=O)(=O)c3ccccc32)CC(c2ccccc2)O1. The summed E-state index contributed by atoms with van der Waals surface area (Å²) in [6, 6.07) is 16.9. The Balaban J connectivity index is 1.22. The van der Waals surface area contributed by atoms with Crippen molar-refractivity contribution < 1.29 is 17.9 Å². The first-order valence-corrected chi connectivity index (χ1v) is 12.6. The average Bonchev–Trinajstić information content (AvgIpc) is 3.06. The lowest BCUT2D eigenvalue weighted by atomic mass is 10.1. The maximum absolute atomic E-state index is 12.7. The van der Waals surface area contributed by atoms with Crippen molar-refractivity contribution in [3.8, 4) is 0 Å². The quantitative estimate of drug-likeness (QED) is 0.649. The van der Waals surface area contributed by atoms with Gasteiger partial charge in [-0.3, -0.25) is 14.5 Å². The topological polar surface area (TPSA) is 88.1 Å². The van der Waals surface area contributed by atoms with Gasteiger partial charge in [-0.25, -0.2) is 8.42 Å². The van der Waals surface area contributed by atoms with E-state index in [0.29, 0.717) is 37.5 Å². The van der Waals surface area contributed by atoms with Crippen molar-refractivity contribution in [3.63, 3.8) is 0 Å². The number of rotatable bonds is 7. The van der Waals surface area contributed by atoms with Crippen molar-refractivity contribution >= 4 is 21.8 Å². The van der Waals surface area contributed by atoms with Gasteiger partial charge in [0, 0.05) is 25.1 Å². The lowest BCUT2D eigenvalue weighted by Crippen LogP contribution is -2.45. The molecular formula is C24H29N3O4S. The summed E-state index contributed by atoms with van der Waals surface area (Å²) in [7, 11) is -3.50. The fourth-order valence-corrected chi connectivity index (χ4v) is 5.42. The Morgan fingerprint density at radius 3 is 2.62 bits per heavy atom. The maximum atomic E-state index is 12.7. The number of unbranched alkanes of at least 4 members (excludes halogenated alkanes) is 2. The molecule has 0 aliphatic carbocycles. The molecule has 0 saturated carbocycles. The van der Waals surface area contributed by atoms with Crippen LogP contribution in [0.5, 0.6) is 0 Å². The van der Waals surface area contributed by atoms with Gasteiger partial charge in [-0.05, 0) is 37.5 Å². The Labute approximate surface area is 189 Å². The number of hydrogen-bond donors (Lipinski definition) is 1. The van der Waals surface area contributed by atoms with Gasteiger partial charge in [-0.1, -0.05) is 48.9 Å². The lowest BCUT2D eigenvalue weighted by molar-refractivity contribution is -0.145. The van der Waals surface area contributed by atoms with Crippen LogP contribution < -0.4 is 4.72 Å². The van der Waals surface area contributed by atoms with Crippen molar-refractivity contribution in [2.24, 2.45) is 4.99 Å². The molecule has 2 aliphatic heterocycles.